The van der Waals surface area contributed by atoms with E-state index in [9.17, 15) is 4.39 Å². The lowest BCUT2D eigenvalue weighted by Gasteiger charge is -2.40. The summed E-state index contributed by atoms with van der Waals surface area (Å²) in [4.78, 5) is 2.04. The van der Waals surface area contributed by atoms with Gasteiger partial charge >= 0.3 is 0 Å². The smallest absolute Gasteiger partial charge is 0.161 e. The summed E-state index contributed by atoms with van der Waals surface area (Å²) in [6, 6.07) is 5.47. The third-order valence-corrected chi connectivity index (χ3v) is 4.21. The molecule has 0 N–H and O–H groups in total. The fraction of sp³-hybridized carbons (Fsp3) is 0.500. The molecule has 0 aromatic heterocycles. The molecule has 2 atom stereocenters. The molecule has 2 rings (SSSR count). The number of hydrogen-bond donors (Lipinski definition) is 0. The minimum atomic E-state index is -0.369. The van der Waals surface area contributed by atoms with Gasteiger partial charge in [0.15, 0.2) is 5.82 Å². The number of morpholine rings is 1. The zero-order valence-corrected chi connectivity index (χ0v) is 12.6. The van der Waals surface area contributed by atoms with Crippen molar-refractivity contribution in [3.05, 3.63) is 28.0 Å². The van der Waals surface area contributed by atoms with E-state index in [-0.39, 0.29) is 22.4 Å². The van der Waals surface area contributed by atoms with E-state index in [4.69, 9.17) is 10.00 Å². The second-order valence-electron chi connectivity index (χ2n) is 4.73. The quantitative estimate of drug-likeness (QED) is 0.835. The molecule has 0 aliphatic carbocycles. The highest BCUT2D eigenvalue weighted by molar-refractivity contribution is 9.10. The monoisotopic (exact) mass is 326 g/mol. The Morgan fingerprint density at radius 1 is 1.58 bits per heavy atom. The summed E-state index contributed by atoms with van der Waals surface area (Å²) < 4.78 is 20.2. The van der Waals surface area contributed by atoms with Crippen LogP contribution in [0.4, 0.5) is 10.1 Å². The minimum absolute atomic E-state index is 0.0802. The Labute approximate surface area is 121 Å². The number of anilines is 1. The van der Waals surface area contributed by atoms with E-state index in [2.05, 4.69) is 22.9 Å². The summed E-state index contributed by atoms with van der Waals surface area (Å²) in [5.74, 6) is -0.369. The van der Waals surface area contributed by atoms with Gasteiger partial charge in [-0.15, -0.1) is 0 Å². The van der Waals surface area contributed by atoms with Crippen molar-refractivity contribution in [2.75, 3.05) is 18.1 Å². The van der Waals surface area contributed by atoms with E-state index in [1.54, 1.807) is 12.1 Å². The van der Waals surface area contributed by atoms with Crippen LogP contribution >= 0.6 is 15.9 Å². The van der Waals surface area contributed by atoms with Gasteiger partial charge in [-0.2, -0.15) is 5.26 Å². The van der Waals surface area contributed by atoms with Crippen molar-refractivity contribution >= 4 is 21.6 Å². The zero-order chi connectivity index (χ0) is 14.0. The number of ether oxygens (including phenoxy) is 1. The normalized spacial score (nSPS) is 23.2. The Bertz CT molecular complexity index is 515. The highest BCUT2D eigenvalue weighted by Crippen LogP contribution is 2.32. The van der Waals surface area contributed by atoms with Gasteiger partial charge in [0.1, 0.15) is 6.07 Å². The number of nitrogens with zero attached hydrogens (tertiary/aromatic N) is 2. The molecule has 1 aromatic rings. The Hall–Kier alpha value is -1.12. The maximum absolute atomic E-state index is 14.4. The molecule has 3 nitrogen and oxygen atoms in total. The molecule has 0 spiro atoms. The lowest BCUT2D eigenvalue weighted by Crippen LogP contribution is -2.49. The first kappa shape index (κ1) is 14.3. The number of benzene rings is 1. The van der Waals surface area contributed by atoms with Gasteiger partial charge in [-0.25, -0.2) is 4.39 Å². The van der Waals surface area contributed by atoms with Gasteiger partial charge in [-0.1, -0.05) is 6.92 Å². The van der Waals surface area contributed by atoms with Crippen LogP contribution in [0.3, 0.4) is 0 Å². The van der Waals surface area contributed by atoms with Gasteiger partial charge in [0.05, 0.1) is 34.5 Å². The topological polar surface area (TPSA) is 36.3 Å². The molecule has 102 valence electrons. The lowest BCUT2D eigenvalue weighted by atomic mass is 10.1. The molecule has 1 aromatic carbocycles. The molecule has 1 aliphatic heterocycles. The van der Waals surface area contributed by atoms with Gasteiger partial charge < -0.3 is 9.64 Å². The fourth-order valence-electron chi connectivity index (χ4n) is 2.32. The Morgan fingerprint density at radius 3 is 2.95 bits per heavy atom. The zero-order valence-electron chi connectivity index (χ0n) is 11.0. The van der Waals surface area contributed by atoms with Crippen LogP contribution in [0.15, 0.2) is 16.6 Å². The standard InChI is InChI=1S/C14H16BrFN2O/c1-3-11-8-19-9(2)7-18(11)12-5-4-10(6-17)13(15)14(12)16/h4-5,9,11H,3,7-8H2,1-2H3. The largest absolute Gasteiger partial charge is 0.375 e. The average Bonchev–Trinajstić information content (AvgIpc) is 2.42. The first-order valence-corrected chi connectivity index (χ1v) is 7.14. The summed E-state index contributed by atoms with van der Waals surface area (Å²) in [5.41, 5.74) is 0.850. The predicted molar refractivity (Wildman–Crippen MR) is 75.7 cm³/mol. The van der Waals surface area contributed by atoms with Crippen molar-refractivity contribution in [1.29, 1.82) is 5.26 Å². The SMILES string of the molecule is CCC1COC(C)CN1c1ccc(C#N)c(Br)c1F. The minimum Gasteiger partial charge on any atom is -0.375 e. The molecule has 0 amide bonds. The van der Waals surface area contributed by atoms with Crippen molar-refractivity contribution in [1.82, 2.24) is 0 Å². The Morgan fingerprint density at radius 2 is 2.32 bits per heavy atom. The van der Waals surface area contributed by atoms with Gasteiger partial charge in [0.2, 0.25) is 0 Å². The van der Waals surface area contributed by atoms with Crippen LogP contribution in [-0.4, -0.2) is 25.3 Å². The van der Waals surface area contributed by atoms with Gasteiger partial charge in [0, 0.05) is 6.54 Å². The van der Waals surface area contributed by atoms with Crippen LogP contribution in [0.2, 0.25) is 0 Å². The highest BCUT2D eigenvalue weighted by Gasteiger charge is 2.28. The van der Waals surface area contributed by atoms with Crippen molar-refractivity contribution in [3.8, 4) is 6.07 Å². The first-order valence-electron chi connectivity index (χ1n) is 6.34. The molecule has 1 aliphatic rings. The lowest BCUT2D eigenvalue weighted by molar-refractivity contribution is 0.0297. The van der Waals surface area contributed by atoms with Crippen molar-refractivity contribution in [2.45, 2.75) is 32.4 Å². The highest BCUT2D eigenvalue weighted by atomic mass is 79.9. The fourth-order valence-corrected chi connectivity index (χ4v) is 2.75. The molecular weight excluding hydrogens is 311 g/mol. The van der Waals surface area contributed by atoms with Crippen LogP contribution in [-0.2, 0) is 4.74 Å². The van der Waals surface area contributed by atoms with Crippen LogP contribution in [0.1, 0.15) is 25.8 Å². The molecule has 1 fully saturated rings. The second-order valence-corrected chi connectivity index (χ2v) is 5.52. The number of nitriles is 1. The summed E-state index contributed by atoms with van der Waals surface area (Å²) in [5, 5.41) is 8.90. The van der Waals surface area contributed by atoms with E-state index in [0.29, 0.717) is 24.4 Å². The molecule has 0 saturated carbocycles. The molecule has 1 saturated heterocycles. The number of hydrogen-bond acceptors (Lipinski definition) is 3. The van der Waals surface area contributed by atoms with Crippen LogP contribution in [0, 0.1) is 17.1 Å². The summed E-state index contributed by atoms with van der Waals surface area (Å²) in [7, 11) is 0. The molecule has 5 heteroatoms. The maximum Gasteiger partial charge on any atom is 0.161 e. The van der Waals surface area contributed by atoms with E-state index in [1.165, 1.54) is 0 Å². The van der Waals surface area contributed by atoms with E-state index in [1.807, 2.05) is 17.9 Å². The molecule has 0 radical (unpaired) electrons. The molecule has 19 heavy (non-hydrogen) atoms. The maximum atomic E-state index is 14.4. The van der Waals surface area contributed by atoms with Crippen LogP contribution in [0.5, 0.6) is 0 Å². The summed E-state index contributed by atoms with van der Waals surface area (Å²) in [6.07, 6.45) is 0.973. The van der Waals surface area contributed by atoms with Crippen molar-refractivity contribution in [3.63, 3.8) is 0 Å². The van der Waals surface area contributed by atoms with Gasteiger partial charge in [0.25, 0.3) is 0 Å². The number of halogens is 2. The third kappa shape index (κ3) is 2.75. The second kappa shape index (κ2) is 5.89. The molecular formula is C14H16BrFN2O. The predicted octanol–water partition coefficient (Wildman–Crippen LogP) is 3.46. The molecule has 1 heterocycles. The van der Waals surface area contributed by atoms with E-state index < -0.39 is 0 Å². The van der Waals surface area contributed by atoms with Gasteiger partial charge in [-0.3, -0.25) is 0 Å². The Balaban J connectivity index is 2.40. The van der Waals surface area contributed by atoms with E-state index >= 15 is 0 Å². The van der Waals surface area contributed by atoms with Crippen molar-refractivity contribution < 1.29 is 9.13 Å². The summed E-state index contributed by atoms with van der Waals surface area (Å²) in [6.45, 7) is 5.31. The number of rotatable bonds is 2. The molecule has 0 bridgehead atoms. The first-order chi connectivity index (χ1) is 9.08. The Kier molecular flexibility index (Phi) is 4.43. The van der Waals surface area contributed by atoms with Crippen LogP contribution < -0.4 is 4.90 Å². The molecule has 2 unspecified atom stereocenters. The van der Waals surface area contributed by atoms with Crippen LogP contribution in [0.25, 0.3) is 0 Å². The summed E-state index contributed by atoms with van der Waals surface area (Å²) >= 11 is 3.16. The van der Waals surface area contributed by atoms with Gasteiger partial charge in [-0.05, 0) is 41.4 Å². The van der Waals surface area contributed by atoms with Crippen molar-refractivity contribution in [2.24, 2.45) is 0 Å². The van der Waals surface area contributed by atoms with E-state index in [0.717, 1.165) is 6.42 Å². The third-order valence-electron chi connectivity index (χ3n) is 3.43. The average molecular weight is 327 g/mol.